The van der Waals surface area contributed by atoms with Crippen LogP contribution >= 0.6 is 12.6 Å². The van der Waals surface area contributed by atoms with Crippen LogP contribution in [0.2, 0.25) is 0 Å². The van der Waals surface area contributed by atoms with E-state index in [4.69, 9.17) is 9.84 Å². The van der Waals surface area contributed by atoms with Gasteiger partial charge in [0.05, 0.1) is 13.0 Å². The first-order valence-electron chi connectivity index (χ1n) is 6.06. The van der Waals surface area contributed by atoms with Crippen LogP contribution in [0.25, 0.3) is 0 Å². The summed E-state index contributed by atoms with van der Waals surface area (Å²) in [6.45, 7) is 2.72. The van der Waals surface area contributed by atoms with E-state index < -0.39 is 0 Å². The van der Waals surface area contributed by atoms with Crippen LogP contribution in [0.4, 0.5) is 0 Å². The number of thiol groups is 1. The van der Waals surface area contributed by atoms with Crippen molar-refractivity contribution in [3.8, 4) is 0 Å². The summed E-state index contributed by atoms with van der Waals surface area (Å²) in [6, 6.07) is 0. The molecule has 94 valence electrons. The highest BCUT2D eigenvalue weighted by Crippen LogP contribution is 2.28. The lowest BCUT2D eigenvalue weighted by Gasteiger charge is -2.26. The first-order valence-corrected chi connectivity index (χ1v) is 6.58. The summed E-state index contributed by atoms with van der Waals surface area (Å²) in [7, 11) is 0. The third-order valence-electron chi connectivity index (χ3n) is 3.17. The van der Waals surface area contributed by atoms with Gasteiger partial charge in [0.2, 0.25) is 0 Å². The van der Waals surface area contributed by atoms with Gasteiger partial charge in [-0.1, -0.05) is 6.92 Å². The average molecular weight is 246 g/mol. The Labute approximate surface area is 103 Å². The van der Waals surface area contributed by atoms with Gasteiger partial charge in [-0.3, -0.25) is 4.79 Å². The van der Waals surface area contributed by atoms with Gasteiger partial charge in [0.1, 0.15) is 0 Å². The molecule has 16 heavy (non-hydrogen) atoms. The molecule has 0 aromatic heterocycles. The maximum Gasteiger partial charge on any atom is 0.306 e. The molecule has 0 aromatic rings. The Morgan fingerprint density at radius 2 is 1.94 bits per heavy atom. The van der Waals surface area contributed by atoms with Gasteiger partial charge in [0.25, 0.3) is 0 Å². The highest BCUT2D eigenvalue weighted by Gasteiger charge is 2.21. The van der Waals surface area contributed by atoms with Gasteiger partial charge in [-0.15, -0.1) is 0 Å². The number of carbonyl (C=O) groups is 1. The van der Waals surface area contributed by atoms with Crippen molar-refractivity contribution in [2.24, 2.45) is 11.8 Å². The Morgan fingerprint density at radius 1 is 1.38 bits per heavy atom. The first kappa shape index (κ1) is 13.8. The van der Waals surface area contributed by atoms with Crippen LogP contribution in [-0.2, 0) is 9.53 Å². The summed E-state index contributed by atoms with van der Waals surface area (Å²) in [4.78, 5) is 11.3. The number of hydrogen-bond donors (Lipinski definition) is 2. The monoisotopic (exact) mass is 246 g/mol. The number of esters is 1. The van der Waals surface area contributed by atoms with Crippen molar-refractivity contribution >= 4 is 18.6 Å². The van der Waals surface area contributed by atoms with E-state index in [1.165, 1.54) is 0 Å². The van der Waals surface area contributed by atoms with Crippen LogP contribution in [0, 0.1) is 11.8 Å². The minimum absolute atomic E-state index is 0.0672. The number of aliphatic hydroxyl groups is 1. The molecule has 1 aliphatic carbocycles. The van der Waals surface area contributed by atoms with E-state index >= 15 is 0 Å². The summed E-state index contributed by atoms with van der Waals surface area (Å²) in [5, 5.41) is 9.07. The van der Waals surface area contributed by atoms with Crippen LogP contribution < -0.4 is 0 Å². The van der Waals surface area contributed by atoms with E-state index in [1.807, 2.05) is 6.92 Å². The number of ether oxygens (including phenoxy) is 1. The molecule has 1 unspecified atom stereocenters. The Kier molecular flexibility index (Phi) is 6.21. The maximum absolute atomic E-state index is 11.3. The molecule has 1 aliphatic rings. The van der Waals surface area contributed by atoms with Gasteiger partial charge in [-0.2, -0.15) is 12.6 Å². The standard InChI is InChI=1S/C12H22O3S/c1-9(16)6-12(14)15-8-11-4-2-10(7-13)3-5-11/h9-11,13,16H,2-8H2,1H3. The van der Waals surface area contributed by atoms with Gasteiger partial charge < -0.3 is 9.84 Å². The molecular weight excluding hydrogens is 224 g/mol. The van der Waals surface area contributed by atoms with Crippen molar-refractivity contribution in [3.05, 3.63) is 0 Å². The van der Waals surface area contributed by atoms with E-state index in [0.717, 1.165) is 25.7 Å². The van der Waals surface area contributed by atoms with Crippen molar-refractivity contribution < 1.29 is 14.6 Å². The van der Waals surface area contributed by atoms with Crippen molar-refractivity contribution in [1.82, 2.24) is 0 Å². The predicted molar refractivity (Wildman–Crippen MR) is 66.6 cm³/mol. The zero-order valence-electron chi connectivity index (χ0n) is 9.89. The van der Waals surface area contributed by atoms with Gasteiger partial charge in [-0.05, 0) is 37.5 Å². The summed E-state index contributed by atoms with van der Waals surface area (Å²) in [6.07, 6.45) is 4.63. The second kappa shape index (κ2) is 7.17. The van der Waals surface area contributed by atoms with Crippen LogP contribution in [0.3, 0.4) is 0 Å². The Hall–Kier alpha value is -0.220. The minimum Gasteiger partial charge on any atom is -0.465 e. The predicted octanol–water partition coefficient (Wildman–Crippen LogP) is 2.04. The number of aliphatic hydroxyl groups excluding tert-OH is 1. The molecule has 0 aliphatic heterocycles. The lowest BCUT2D eigenvalue weighted by molar-refractivity contribution is -0.145. The number of rotatable bonds is 5. The molecule has 0 radical (unpaired) electrons. The SMILES string of the molecule is CC(S)CC(=O)OCC1CCC(CO)CC1. The highest BCUT2D eigenvalue weighted by molar-refractivity contribution is 7.80. The lowest BCUT2D eigenvalue weighted by Crippen LogP contribution is -2.22. The van der Waals surface area contributed by atoms with Gasteiger partial charge in [0, 0.05) is 11.9 Å². The fourth-order valence-corrected chi connectivity index (χ4v) is 2.24. The second-order valence-corrected chi connectivity index (χ2v) is 5.69. The molecular formula is C12H22O3S. The average Bonchev–Trinajstić information content (AvgIpc) is 2.26. The van der Waals surface area contributed by atoms with Crippen molar-refractivity contribution in [2.45, 2.75) is 44.3 Å². The molecule has 0 bridgehead atoms. The molecule has 0 heterocycles. The van der Waals surface area contributed by atoms with E-state index in [9.17, 15) is 4.79 Å². The molecule has 1 atom stereocenters. The van der Waals surface area contributed by atoms with Crippen LogP contribution in [-0.4, -0.2) is 29.5 Å². The third-order valence-corrected chi connectivity index (χ3v) is 3.35. The fourth-order valence-electron chi connectivity index (χ4n) is 2.09. The molecule has 1 fully saturated rings. The van der Waals surface area contributed by atoms with Crippen LogP contribution in [0.5, 0.6) is 0 Å². The molecule has 1 rings (SSSR count). The summed E-state index contributed by atoms with van der Waals surface area (Å²) in [5.41, 5.74) is 0. The molecule has 1 saturated carbocycles. The largest absolute Gasteiger partial charge is 0.465 e. The van der Waals surface area contributed by atoms with Crippen LogP contribution in [0.1, 0.15) is 39.0 Å². The smallest absolute Gasteiger partial charge is 0.306 e. The first-order chi connectivity index (χ1) is 7.61. The van der Waals surface area contributed by atoms with E-state index in [0.29, 0.717) is 31.5 Å². The maximum atomic E-state index is 11.3. The van der Waals surface area contributed by atoms with Gasteiger partial charge >= 0.3 is 5.97 Å². The summed E-state index contributed by atoms with van der Waals surface area (Å²) in [5.74, 6) is 0.804. The van der Waals surface area contributed by atoms with Crippen molar-refractivity contribution in [2.75, 3.05) is 13.2 Å². The molecule has 0 aromatic carbocycles. The van der Waals surface area contributed by atoms with E-state index in [2.05, 4.69) is 12.6 Å². The lowest BCUT2D eigenvalue weighted by atomic mass is 9.83. The second-order valence-electron chi connectivity index (χ2n) is 4.81. The van der Waals surface area contributed by atoms with Gasteiger partial charge in [0.15, 0.2) is 0 Å². The van der Waals surface area contributed by atoms with Crippen LogP contribution in [0.15, 0.2) is 0 Å². The summed E-state index contributed by atoms with van der Waals surface area (Å²) >= 11 is 4.15. The zero-order valence-corrected chi connectivity index (χ0v) is 10.8. The molecule has 0 amide bonds. The molecule has 0 saturated heterocycles. The van der Waals surface area contributed by atoms with Gasteiger partial charge in [-0.25, -0.2) is 0 Å². The molecule has 0 spiro atoms. The molecule has 4 heteroatoms. The topological polar surface area (TPSA) is 46.5 Å². The summed E-state index contributed by atoms with van der Waals surface area (Å²) < 4.78 is 5.21. The molecule has 3 nitrogen and oxygen atoms in total. The van der Waals surface area contributed by atoms with E-state index in [-0.39, 0.29) is 11.2 Å². The third kappa shape index (κ3) is 5.21. The van der Waals surface area contributed by atoms with E-state index in [1.54, 1.807) is 0 Å². The minimum atomic E-state index is -0.146. The normalized spacial score (nSPS) is 27.4. The Bertz CT molecular complexity index is 210. The van der Waals surface area contributed by atoms with Crippen molar-refractivity contribution in [1.29, 1.82) is 0 Å². The van der Waals surface area contributed by atoms with Crippen molar-refractivity contribution in [3.63, 3.8) is 0 Å². The quantitative estimate of drug-likeness (QED) is 0.576. The number of carbonyl (C=O) groups excluding carboxylic acids is 1. The Balaban J connectivity index is 2.12. The molecule has 1 N–H and O–H groups in total. The Morgan fingerprint density at radius 3 is 2.44 bits per heavy atom. The number of hydrogen-bond acceptors (Lipinski definition) is 4. The zero-order chi connectivity index (χ0) is 12.0. The highest BCUT2D eigenvalue weighted by atomic mass is 32.1. The fraction of sp³-hybridized carbons (Fsp3) is 0.917.